The summed E-state index contributed by atoms with van der Waals surface area (Å²) in [5.41, 5.74) is 5.50. The molecule has 0 aliphatic carbocycles. The molecule has 2 aromatic rings. The van der Waals surface area contributed by atoms with Gasteiger partial charge in [-0.1, -0.05) is 29.8 Å². The van der Waals surface area contributed by atoms with Gasteiger partial charge in [0.15, 0.2) is 0 Å². The number of hydrogen-bond donors (Lipinski definition) is 1. The Morgan fingerprint density at radius 3 is 1.95 bits per heavy atom. The normalized spacial score (nSPS) is 12.7. The van der Waals surface area contributed by atoms with Crippen molar-refractivity contribution in [2.75, 3.05) is 0 Å². The van der Waals surface area contributed by atoms with E-state index in [1.165, 1.54) is 6.07 Å². The Hall–Kier alpha value is -1.30. The zero-order chi connectivity index (χ0) is 14.9. The van der Waals surface area contributed by atoms with Crippen LogP contribution in [0.1, 0.15) is 22.7 Å². The Bertz CT molecular complexity index is 611. The zero-order valence-electron chi connectivity index (χ0n) is 10.5. The fourth-order valence-corrected chi connectivity index (χ4v) is 1.94. The average Bonchev–Trinajstić information content (AvgIpc) is 2.37. The highest BCUT2D eigenvalue weighted by Gasteiger charge is 2.34. The monoisotopic (exact) mass is 339 g/mol. The predicted molar refractivity (Wildman–Crippen MR) is 76.1 cm³/mol. The average molecular weight is 340 g/mol. The van der Waals surface area contributed by atoms with E-state index in [0.717, 1.165) is 6.07 Å². The third kappa shape index (κ3) is 4.09. The van der Waals surface area contributed by atoms with Gasteiger partial charge in [-0.3, -0.25) is 0 Å². The van der Waals surface area contributed by atoms with Crippen LogP contribution in [0, 0.1) is 5.82 Å². The van der Waals surface area contributed by atoms with E-state index in [-0.39, 0.29) is 18.0 Å². The van der Waals surface area contributed by atoms with Gasteiger partial charge in [-0.05, 0) is 35.4 Å². The quantitative estimate of drug-likeness (QED) is 0.768. The Morgan fingerprint density at radius 1 is 0.952 bits per heavy atom. The molecule has 0 fully saturated rings. The van der Waals surface area contributed by atoms with Crippen molar-refractivity contribution in [1.29, 1.82) is 0 Å². The lowest BCUT2D eigenvalue weighted by atomic mass is 9.98. The van der Waals surface area contributed by atoms with Crippen LogP contribution in [-0.4, -0.2) is 0 Å². The summed E-state index contributed by atoms with van der Waals surface area (Å²) in [6.07, 6.45) is -4.72. The molecule has 114 valence electrons. The van der Waals surface area contributed by atoms with E-state index in [9.17, 15) is 17.6 Å². The predicted octanol–water partition coefficient (Wildman–Crippen LogP) is 4.97. The molecule has 0 saturated heterocycles. The van der Waals surface area contributed by atoms with E-state index in [4.69, 9.17) is 17.3 Å². The second kappa shape index (κ2) is 6.64. The van der Waals surface area contributed by atoms with E-state index in [1.54, 1.807) is 24.3 Å². The van der Waals surface area contributed by atoms with Crippen LogP contribution in [-0.2, 0) is 6.18 Å². The van der Waals surface area contributed by atoms with Gasteiger partial charge in [0.05, 0.1) is 11.6 Å². The third-order valence-electron chi connectivity index (χ3n) is 2.89. The minimum absolute atomic E-state index is 0. The van der Waals surface area contributed by atoms with E-state index >= 15 is 0 Å². The molecule has 0 unspecified atom stereocenters. The van der Waals surface area contributed by atoms with Gasteiger partial charge in [0.25, 0.3) is 0 Å². The molecule has 0 aliphatic rings. The Balaban J connectivity index is 0.00000220. The molecular formula is C14H11Cl2F4N. The van der Waals surface area contributed by atoms with Crippen LogP contribution in [0.2, 0.25) is 5.02 Å². The lowest BCUT2D eigenvalue weighted by Crippen LogP contribution is -2.14. The first kappa shape index (κ1) is 17.8. The zero-order valence-corrected chi connectivity index (χ0v) is 12.1. The number of nitrogens with two attached hydrogens (primary N) is 1. The van der Waals surface area contributed by atoms with Crippen molar-refractivity contribution in [3.8, 4) is 0 Å². The van der Waals surface area contributed by atoms with Gasteiger partial charge in [0, 0.05) is 5.02 Å². The fourth-order valence-electron chi connectivity index (χ4n) is 1.82. The highest BCUT2D eigenvalue weighted by atomic mass is 35.5. The maximum Gasteiger partial charge on any atom is 0.419 e. The number of hydrogen-bond acceptors (Lipinski definition) is 1. The smallest absolute Gasteiger partial charge is 0.320 e. The molecule has 0 saturated carbocycles. The van der Waals surface area contributed by atoms with Crippen LogP contribution >= 0.6 is 24.0 Å². The van der Waals surface area contributed by atoms with Crippen LogP contribution in [0.4, 0.5) is 17.6 Å². The summed E-state index contributed by atoms with van der Waals surface area (Å²) >= 11 is 5.73. The summed E-state index contributed by atoms with van der Waals surface area (Å²) in [5.74, 6) is -1.33. The molecule has 0 bridgehead atoms. The lowest BCUT2D eigenvalue weighted by molar-refractivity contribution is -0.140. The third-order valence-corrected chi connectivity index (χ3v) is 3.14. The Labute approximate surface area is 130 Å². The number of benzene rings is 2. The van der Waals surface area contributed by atoms with Crippen molar-refractivity contribution in [1.82, 2.24) is 0 Å². The highest BCUT2D eigenvalue weighted by Crippen LogP contribution is 2.33. The molecule has 2 rings (SSSR count). The van der Waals surface area contributed by atoms with E-state index in [0.29, 0.717) is 16.7 Å². The van der Waals surface area contributed by atoms with Crippen molar-refractivity contribution < 1.29 is 17.6 Å². The van der Waals surface area contributed by atoms with Crippen molar-refractivity contribution in [3.05, 3.63) is 70.0 Å². The molecule has 1 atom stereocenters. The molecule has 0 aromatic heterocycles. The molecule has 0 amide bonds. The van der Waals surface area contributed by atoms with Crippen molar-refractivity contribution in [3.63, 3.8) is 0 Å². The molecular weight excluding hydrogens is 329 g/mol. The fraction of sp³-hybridized carbons (Fsp3) is 0.143. The van der Waals surface area contributed by atoms with E-state index < -0.39 is 23.6 Å². The topological polar surface area (TPSA) is 26.0 Å². The SMILES string of the molecule is Cl.N[C@@H](c1ccc(Cl)cc1)c1ccc(C(F)(F)F)c(F)c1. The molecule has 1 nitrogen and oxygen atoms in total. The molecule has 0 spiro atoms. The summed E-state index contributed by atoms with van der Waals surface area (Å²) < 4.78 is 50.9. The second-order valence-corrected chi connectivity index (χ2v) is 4.70. The van der Waals surface area contributed by atoms with Crippen molar-refractivity contribution in [2.24, 2.45) is 5.73 Å². The molecule has 2 N–H and O–H groups in total. The summed E-state index contributed by atoms with van der Waals surface area (Å²) in [6.45, 7) is 0. The number of halogens is 6. The van der Waals surface area contributed by atoms with Gasteiger partial charge in [0.1, 0.15) is 5.82 Å². The van der Waals surface area contributed by atoms with Crippen LogP contribution in [0.3, 0.4) is 0 Å². The first-order valence-electron chi connectivity index (χ1n) is 5.66. The van der Waals surface area contributed by atoms with Gasteiger partial charge < -0.3 is 5.73 Å². The summed E-state index contributed by atoms with van der Waals surface area (Å²) in [7, 11) is 0. The van der Waals surface area contributed by atoms with Gasteiger partial charge >= 0.3 is 6.18 Å². The summed E-state index contributed by atoms with van der Waals surface area (Å²) in [6, 6.07) is 8.46. The van der Waals surface area contributed by atoms with Crippen LogP contribution in [0.25, 0.3) is 0 Å². The highest BCUT2D eigenvalue weighted by molar-refractivity contribution is 6.30. The lowest BCUT2D eigenvalue weighted by Gasteiger charge is -2.15. The molecule has 0 heterocycles. The second-order valence-electron chi connectivity index (χ2n) is 4.27. The molecule has 21 heavy (non-hydrogen) atoms. The van der Waals surface area contributed by atoms with Crippen molar-refractivity contribution >= 4 is 24.0 Å². The minimum atomic E-state index is -4.72. The minimum Gasteiger partial charge on any atom is -0.320 e. The first-order valence-corrected chi connectivity index (χ1v) is 6.04. The van der Waals surface area contributed by atoms with Gasteiger partial charge in [-0.2, -0.15) is 13.2 Å². The molecule has 0 radical (unpaired) electrons. The first-order chi connectivity index (χ1) is 9.29. The standard InChI is InChI=1S/C14H10ClF4N.ClH/c15-10-4-1-8(2-5-10)13(20)9-3-6-11(12(16)7-9)14(17,18)19;/h1-7,13H,20H2;1H/t13-;/m0./s1. The summed E-state index contributed by atoms with van der Waals surface area (Å²) in [5, 5.41) is 0.513. The van der Waals surface area contributed by atoms with E-state index in [2.05, 4.69) is 0 Å². The Kier molecular flexibility index (Phi) is 5.61. The maximum absolute atomic E-state index is 13.5. The van der Waals surface area contributed by atoms with Gasteiger partial charge in [-0.15, -0.1) is 12.4 Å². The number of alkyl halides is 3. The van der Waals surface area contributed by atoms with Crippen molar-refractivity contribution in [2.45, 2.75) is 12.2 Å². The van der Waals surface area contributed by atoms with Crippen LogP contribution in [0.5, 0.6) is 0 Å². The maximum atomic E-state index is 13.5. The number of rotatable bonds is 2. The summed E-state index contributed by atoms with van der Waals surface area (Å²) in [4.78, 5) is 0. The molecule has 7 heteroatoms. The Morgan fingerprint density at radius 2 is 1.48 bits per heavy atom. The van der Waals surface area contributed by atoms with Crippen LogP contribution < -0.4 is 5.73 Å². The van der Waals surface area contributed by atoms with Crippen LogP contribution in [0.15, 0.2) is 42.5 Å². The largest absolute Gasteiger partial charge is 0.419 e. The van der Waals surface area contributed by atoms with E-state index in [1.807, 2.05) is 0 Å². The molecule has 0 aliphatic heterocycles. The van der Waals surface area contributed by atoms with Gasteiger partial charge in [-0.25, -0.2) is 4.39 Å². The molecule has 2 aromatic carbocycles. The van der Waals surface area contributed by atoms with Gasteiger partial charge in [0.2, 0.25) is 0 Å².